The van der Waals surface area contributed by atoms with Crippen molar-refractivity contribution in [2.75, 3.05) is 7.11 Å². The summed E-state index contributed by atoms with van der Waals surface area (Å²) in [6.07, 6.45) is 6.53. The first-order chi connectivity index (χ1) is 10.2. The predicted molar refractivity (Wildman–Crippen MR) is 81.4 cm³/mol. The zero-order chi connectivity index (χ0) is 15.1. The number of hydrazone groups is 1. The van der Waals surface area contributed by atoms with Gasteiger partial charge in [0, 0.05) is 11.8 Å². The van der Waals surface area contributed by atoms with Crippen molar-refractivity contribution in [1.29, 1.82) is 0 Å². The second-order valence-corrected chi connectivity index (χ2v) is 4.21. The van der Waals surface area contributed by atoms with Crippen molar-refractivity contribution in [3.63, 3.8) is 0 Å². The molecule has 0 saturated carbocycles. The van der Waals surface area contributed by atoms with E-state index in [-0.39, 0.29) is 5.91 Å². The molecule has 2 rings (SSSR count). The van der Waals surface area contributed by atoms with E-state index in [0.717, 1.165) is 11.3 Å². The van der Waals surface area contributed by atoms with Gasteiger partial charge in [-0.05, 0) is 31.2 Å². The molecule has 1 N–H and O–H groups in total. The van der Waals surface area contributed by atoms with Gasteiger partial charge in [0.15, 0.2) is 0 Å². The molecule has 0 atom stereocenters. The number of furan rings is 1. The zero-order valence-corrected chi connectivity index (χ0v) is 11.9. The highest BCUT2D eigenvalue weighted by atomic mass is 16.5. The van der Waals surface area contributed by atoms with Crippen LogP contribution in [0, 0.1) is 6.92 Å². The molecule has 5 heteroatoms. The lowest BCUT2D eigenvalue weighted by Crippen LogP contribution is -2.17. The Balaban J connectivity index is 1.92. The molecule has 0 bridgehead atoms. The highest BCUT2D eigenvalue weighted by Gasteiger charge is 2.09. The number of benzene rings is 1. The maximum Gasteiger partial charge on any atom is 0.274 e. The van der Waals surface area contributed by atoms with Gasteiger partial charge < -0.3 is 9.15 Å². The molecule has 21 heavy (non-hydrogen) atoms. The minimum Gasteiger partial charge on any atom is -0.496 e. The average Bonchev–Trinajstić information content (AvgIpc) is 2.93. The number of methoxy groups -OCH3 is 1. The van der Waals surface area contributed by atoms with Crippen molar-refractivity contribution in [3.8, 4) is 5.75 Å². The van der Waals surface area contributed by atoms with Gasteiger partial charge in [0.05, 0.1) is 18.9 Å². The Bertz CT molecular complexity index is 672. The Labute approximate surface area is 122 Å². The molecular weight excluding hydrogens is 268 g/mol. The van der Waals surface area contributed by atoms with Crippen molar-refractivity contribution in [1.82, 2.24) is 5.43 Å². The third kappa shape index (κ3) is 3.82. The number of carbonyl (C=O) groups is 1. The summed E-state index contributed by atoms with van der Waals surface area (Å²) in [6.45, 7) is 1.72. The second kappa shape index (κ2) is 7.09. The molecule has 1 heterocycles. The highest BCUT2D eigenvalue weighted by molar-refractivity contribution is 5.95. The summed E-state index contributed by atoms with van der Waals surface area (Å²) in [6, 6.07) is 9.22. The topological polar surface area (TPSA) is 63.8 Å². The number of hydrogen-bond acceptors (Lipinski definition) is 4. The molecule has 0 saturated heterocycles. The van der Waals surface area contributed by atoms with Gasteiger partial charge in [-0.15, -0.1) is 0 Å². The number of allylic oxidation sites excluding steroid dienone is 1. The molecule has 108 valence electrons. The van der Waals surface area contributed by atoms with Crippen LogP contribution in [0.3, 0.4) is 0 Å². The van der Waals surface area contributed by atoms with Gasteiger partial charge >= 0.3 is 0 Å². The van der Waals surface area contributed by atoms with Crippen LogP contribution in [0.25, 0.3) is 6.08 Å². The zero-order valence-electron chi connectivity index (χ0n) is 11.9. The van der Waals surface area contributed by atoms with Gasteiger partial charge in [-0.2, -0.15) is 5.10 Å². The van der Waals surface area contributed by atoms with Crippen LogP contribution in [-0.2, 0) is 0 Å². The molecule has 1 aromatic carbocycles. The second-order valence-electron chi connectivity index (χ2n) is 4.21. The van der Waals surface area contributed by atoms with Crippen molar-refractivity contribution in [2.45, 2.75) is 6.92 Å². The molecule has 0 unspecified atom stereocenters. The van der Waals surface area contributed by atoms with Gasteiger partial charge in [-0.3, -0.25) is 4.79 Å². The summed E-state index contributed by atoms with van der Waals surface area (Å²) in [4.78, 5) is 11.7. The number of ether oxygens (including phenoxy) is 1. The SMILES string of the molecule is COc1ccccc1C=CC=NNC(=O)c1ccoc1C. The van der Waals surface area contributed by atoms with Crippen LogP contribution in [0.15, 0.2) is 52.2 Å². The summed E-state index contributed by atoms with van der Waals surface area (Å²) in [5.41, 5.74) is 3.84. The van der Waals surface area contributed by atoms with Crippen LogP contribution in [0.5, 0.6) is 5.75 Å². The van der Waals surface area contributed by atoms with E-state index < -0.39 is 0 Å². The molecule has 0 spiro atoms. The van der Waals surface area contributed by atoms with Crippen molar-refractivity contribution >= 4 is 18.2 Å². The van der Waals surface area contributed by atoms with E-state index in [1.807, 2.05) is 30.3 Å². The molecular formula is C16H16N2O3. The molecule has 0 aliphatic heterocycles. The number of hydrogen-bond donors (Lipinski definition) is 1. The van der Waals surface area contributed by atoms with E-state index >= 15 is 0 Å². The van der Waals surface area contributed by atoms with Crippen LogP contribution >= 0.6 is 0 Å². The number of rotatable bonds is 5. The van der Waals surface area contributed by atoms with Gasteiger partial charge in [-0.25, -0.2) is 5.43 Å². The van der Waals surface area contributed by atoms with Gasteiger partial charge in [0.1, 0.15) is 11.5 Å². The van der Waals surface area contributed by atoms with Crippen LogP contribution in [0.2, 0.25) is 0 Å². The van der Waals surface area contributed by atoms with E-state index in [0.29, 0.717) is 11.3 Å². The number of nitrogens with zero attached hydrogens (tertiary/aromatic N) is 1. The fraction of sp³-hybridized carbons (Fsp3) is 0.125. The van der Waals surface area contributed by atoms with Crippen LogP contribution in [0.1, 0.15) is 21.7 Å². The number of aryl methyl sites for hydroxylation is 1. The number of amides is 1. The fourth-order valence-corrected chi connectivity index (χ4v) is 1.77. The van der Waals surface area contributed by atoms with Crippen molar-refractivity contribution in [3.05, 3.63) is 59.6 Å². The van der Waals surface area contributed by atoms with Crippen LogP contribution in [0.4, 0.5) is 0 Å². The highest BCUT2D eigenvalue weighted by Crippen LogP contribution is 2.18. The lowest BCUT2D eigenvalue weighted by Gasteiger charge is -2.02. The maximum absolute atomic E-state index is 11.7. The van der Waals surface area contributed by atoms with Crippen LogP contribution in [-0.4, -0.2) is 19.2 Å². The molecule has 0 fully saturated rings. The summed E-state index contributed by atoms with van der Waals surface area (Å²) >= 11 is 0. The quantitative estimate of drug-likeness (QED) is 0.678. The normalized spacial score (nSPS) is 11.1. The maximum atomic E-state index is 11.7. The molecule has 1 aromatic heterocycles. The Morgan fingerprint density at radius 3 is 2.86 bits per heavy atom. The molecule has 5 nitrogen and oxygen atoms in total. The van der Waals surface area contributed by atoms with Gasteiger partial charge in [0.25, 0.3) is 5.91 Å². The Hall–Kier alpha value is -2.82. The first kappa shape index (κ1) is 14.6. The number of nitrogens with one attached hydrogen (secondary N) is 1. The largest absolute Gasteiger partial charge is 0.496 e. The van der Waals surface area contributed by atoms with Gasteiger partial charge in [-0.1, -0.05) is 18.2 Å². The Morgan fingerprint density at radius 1 is 1.33 bits per heavy atom. The number of para-hydroxylation sites is 1. The third-order valence-corrected chi connectivity index (χ3v) is 2.84. The predicted octanol–water partition coefficient (Wildman–Crippen LogP) is 3.03. The van der Waals surface area contributed by atoms with Crippen molar-refractivity contribution < 1.29 is 13.9 Å². The summed E-state index contributed by atoms with van der Waals surface area (Å²) in [7, 11) is 1.62. The molecule has 1 amide bonds. The molecule has 0 aliphatic carbocycles. The molecule has 0 radical (unpaired) electrons. The molecule has 0 aliphatic rings. The standard InChI is InChI=1S/C16H16N2O3/c1-12-14(9-11-21-12)16(19)18-17-10-5-7-13-6-3-4-8-15(13)20-2/h3-11H,1-2H3,(H,18,19). The van der Waals surface area contributed by atoms with E-state index in [4.69, 9.17) is 9.15 Å². The minimum absolute atomic E-state index is 0.303. The summed E-state index contributed by atoms with van der Waals surface area (Å²) in [5, 5.41) is 3.85. The molecule has 2 aromatic rings. The summed E-state index contributed by atoms with van der Waals surface area (Å²) in [5.74, 6) is 1.04. The summed E-state index contributed by atoms with van der Waals surface area (Å²) < 4.78 is 10.3. The fourth-order valence-electron chi connectivity index (χ4n) is 1.77. The number of carbonyl (C=O) groups excluding carboxylic acids is 1. The van der Waals surface area contributed by atoms with Crippen LogP contribution < -0.4 is 10.2 Å². The monoisotopic (exact) mass is 284 g/mol. The van der Waals surface area contributed by atoms with Gasteiger partial charge in [0.2, 0.25) is 0 Å². The van der Waals surface area contributed by atoms with E-state index in [1.165, 1.54) is 12.5 Å². The lowest BCUT2D eigenvalue weighted by atomic mass is 10.2. The minimum atomic E-state index is -0.303. The smallest absolute Gasteiger partial charge is 0.274 e. The van der Waals surface area contributed by atoms with E-state index in [1.54, 1.807) is 26.2 Å². The van der Waals surface area contributed by atoms with E-state index in [9.17, 15) is 4.79 Å². The first-order valence-electron chi connectivity index (χ1n) is 6.39. The Kier molecular flexibility index (Phi) is 4.93. The average molecular weight is 284 g/mol. The van der Waals surface area contributed by atoms with E-state index in [2.05, 4.69) is 10.5 Å². The lowest BCUT2D eigenvalue weighted by molar-refractivity contribution is 0.0953. The van der Waals surface area contributed by atoms with Crippen molar-refractivity contribution in [2.24, 2.45) is 5.10 Å². The Morgan fingerprint density at radius 2 is 2.14 bits per heavy atom. The first-order valence-corrected chi connectivity index (χ1v) is 6.39. The third-order valence-electron chi connectivity index (χ3n) is 2.84.